The topological polar surface area (TPSA) is 78.9 Å². The first-order chi connectivity index (χ1) is 13.9. The molecule has 0 aliphatic rings. The Morgan fingerprint density at radius 3 is 1.93 bits per heavy atom. The van der Waals surface area contributed by atoms with Crippen molar-refractivity contribution in [1.82, 2.24) is 0 Å². The first-order valence-corrected chi connectivity index (χ1v) is 11.0. The standard InChI is InChI=1S/C23H35O6P/c1-15(2)12-23(30-26,21(25)29-14-16(3)13-22(4,5)6)20(24)19-17(27-7)10-9-11-18(19)28-8/h9-11,15-16H,12-14H2,1-8H3. The molecule has 0 radical (unpaired) electrons. The molecular formula is C23H35O6P. The van der Waals surface area contributed by atoms with Gasteiger partial charge in [0.25, 0.3) is 0 Å². The highest BCUT2D eigenvalue weighted by molar-refractivity contribution is 7.30. The van der Waals surface area contributed by atoms with Crippen LogP contribution < -0.4 is 9.47 Å². The summed E-state index contributed by atoms with van der Waals surface area (Å²) in [6.45, 7) is 12.2. The molecule has 0 saturated carbocycles. The van der Waals surface area contributed by atoms with Gasteiger partial charge >= 0.3 is 5.97 Å². The summed E-state index contributed by atoms with van der Waals surface area (Å²) in [6, 6.07) is 4.89. The molecule has 0 fully saturated rings. The monoisotopic (exact) mass is 438 g/mol. The minimum Gasteiger partial charge on any atom is -0.496 e. The number of benzene rings is 1. The summed E-state index contributed by atoms with van der Waals surface area (Å²) >= 11 is 0. The van der Waals surface area contributed by atoms with Gasteiger partial charge in [0, 0.05) is 0 Å². The fraction of sp³-hybridized carbons (Fsp3) is 0.652. The van der Waals surface area contributed by atoms with Gasteiger partial charge in [-0.2, -0.15) is 0 Å². The normalized spacial score (nSPS) is 14.8. The average molecular weight is 439 g/mol. The fourth-order valence-corrected chi connectivity index (χ4v) is 4.47. The lowest BCUT2D eigenvalue weighted by Crippen LogP contribution is -2.44. The Balaban J connectivity index is 3.34. The fourth-order valence-electron chi connectivity index (χ4n) is 3.70. The van der Waals surface area contributed by atoms with Crippen molar-refractivity contribution in [2.45, 2.75) is 59.5 Å². The van der Waals surface area contributed by atoms with Crippen LogP contribution >= 0.6 is 8.46 Å². The van der Waals surface area contributed by atoms with Crippen molar-refractivity contribution in [3.63, 3.8) is 0 Å². The maximum atomic E-state index is 13.6. The van der Waals surface area contributed by atoms with E-state index in [1.165, 1.54) is 14.2 Å². The van der Waals surface area contributed by atoms with Gasteiger partial charge in [0.1, 0.15) is 17.1 Å². The summed E-state index contributed by atoms with van der Waals surface area (Å²) in [5.41, 5.74) is 0.171. The lowest BCUT2D eigenvalue weighted by Gasteiger charge is -2.28. The predicted octanol–water partition coefficient (Wildman–Crippen LogP) is 5.58. The van der Waals surface area contributed by atoms with Gasteiger partial charge in [-0.05, 0) is 42.2 Å². The molecular weight excluding hydrogens is 403 g/mol. The Labute approximate surface area is 181 Å². The summed E-state index contributed by atoms with van der Waals surface area (Å²) in [4.78, 5) is 26.8. The zero-order valence-electron chi connectivity index (χ0n) is 19.4. The van der Waals surface area contributed by atoms with Crippen molar-refractivity contribution in [2.75, 3.05) is 20.8 Å². The Morgan fingerprint density at radius 1 is 1.00 bits per heavy atom. The first-order valence-electron chi connectivity index (χ1n) is 10.2. The minimum atomic E-state index is -1.86. The van der Waals surface area contributed by atoms with Gasteiger partial charge in [-0.1, -0.05) is 47.6 Å². The van der Waals surface area contributed by atoms with Gasteiger partial charge < -0.3 is 14.2 Å². The molecule has 0 saturated heterocycles. The van der Waals surface area contributed by atoms with Crippen molar-refractivity contribution >= 4 is 20.2 Å². The Kier molecular flexibility index (Phi) is 9.48. The van der Waals surface area contributed by atoms with E-state index in [2.05, 4.69) is 20.8 Å². The molecule has 0 spiro atoms. The predicted molar refractivity (Wildman–Crippen MR) is 118 cm³/mol. The second-order valence-corrected chi connectivity index (χ2v) is 10.3. The third-order valence-corrected chi connectivity index (χ3v) is 5.57. The molecule has 168 valence electrons. The van der Waals surface area contributed by atoms with Gasteiger partial charge in [0.15, 0.2) is 14.2 Å². The number of carbonyl (C=O) groups excluding carboxylic acids is 2. The number of hydrogen-bond donors (Lipinski definition) is 0. The molecule has 30 heavy (non-hydrogen) atoms. The van der Waals surface area contributed by atoms with Crippen LogP contribution in [0, 0.1) is 17.3 Å². The summed E-state index contributed by atoms with van der Waals surface area (Å²) in [5.74, 6) is -0.877. The third kappa shape index (κ3) is 6.53. The van der Waals surface area contributed by atoms with E-state index in [1.54, 1.807) is 18.2 Å². The van der Waals surface area contributed by atoms with Gasteiger partial charge in [-0.3, -0.25) is 14.2 Å². The zero-order valence-corrected chi connectivity index (χ0v) is 20.3. The van der Waals surface area contributed by atoms with Gasteiger partial charge in [-0.25, -0.2) is 0 Å². The maximum absolute atomic E-state index is 13.6. The van der Waals surface area contributed by atoms with E-state index in [1.807, 2.05) is 20.8 Å². The van der Waals surface area contributed by atoms with Gasteiger partial charge in [-0.15, -0.1) is 0 Å². The molecule has 6 nitrogen and oxygen atoms in total. The van der Waals surface area contributed by atoms with Crippen LogP contribution in [-0.2, 0) is 14.1 Å². The smallest absolute Gasteiger partial charge is 0.331 e. The molecule has 1 rings (SSSR count). The Morgan fingerprint density at radius 2 is 1.53 bits per heavy atom. The van der Waals surface area contributed by atoms with Crippen LogP contribution in [0.3, 0.4) is 0 Å². The second kappa shape index (κ2) is 10.9. The quantitative estimate of drug-likeness (QED) is 0.194. The van der Waals surface area contributed by atoms with Crippen molar-refractivity contribution in [2.24, 2.45) is 17.3 Å². The SMILES string of the molecule is COc1cccc(OC)c1C(=O)C(CC(C)C)(P=O)C(=O)OCC(C)CC(C)(C)C. The maximum Gasteiger partial charge on any atom is 0.331 e. The number of esters is 1. The molecule has 0 bridgehead atoms. The summed E-state index contributed by atoms with van der Waals surface area (Å²) in [7, 11) is 2.24. The lowest BCUT2D eigenvalue weighted by molar-refractivity contribution is -0.147. The van der Waals surface area contributed by atoms with Crippen LogP contribution in [-0.4, -0.2) is 37.7 Å². The van der Waals surface area contributed by atoms with Crippen LogP contribution in [0.4, 0.5) is 0 Å². The third-order valence-electron chi connectivity index (χ3n) is 4.69. The minimum absolute atomic E-state index is 0.0735. The van der Waals surface area contributed by atoms with E-state index in [9.17, 15) is 14.2 Å². The van der Waals surface area contributed by atoms with Gasteiger partial charge in [0.05, 0.1) is 20.8 Å². The highest BCUT2D eigenvalue weighted by atomic mass is 31.1. The van der Waals surface area contributed by atoms with Crippen molar-refractivity contribution in [1.29, 1.82) is 0 Å². The average Bonchev–Trinajstić information content (AvgIpc) is 2.67. The molecule has 0 aliphatic heterocycles. The van der Waals surface area contributed by atoms with Crippen LogP contribution in [0.15, 0.2) is 18.2 Å². The number of ether oxygens (including phenoxy) is 3. The van der Waals surface area contributed by atoms with E-state index >= 15 is 0 Å². The van der Waals surface area contributed by atoms with Crippen molar-refractivity contribution in [3.8, 4) is 11.5 Å². The second-order valence-electron chi connectivity index (χ2n) is 9.38. The summed E-state index contributed by atoms with van der Waals surface area (Å²) in [5, 5.41) is -1.86. The molecule has 0 N–H and O–H groups in total. The molecule has 7 heteroatoms. The molecule has 0 aliphatic carbocycles. The van der Waals surface area contributed by atoms with E-state index < -0.39 is 25.4 Å². The molecule has 1 aromatic carbocycles. The van der Waals surface area contributed by atoms with E-state index in [0.717, 1.165) is 6.42 Å². The lowest BCUT2D eigenvalue weighted by atomic mass is 9.85. The van der Waals surface area contributed by atoms with Crippen LogP contribution in [0.1, 0.15) is 64.7 Å². The van der Waals surface area contributed by atoms with E-state index in [4.69, 9.17) is 14.2 Å². The van der Waals surface area contributed by atoms with Gasteiger partial charge in [0.2, 0.25) is 5.16 Å². The Bertz CT molecular complexity index is 730. The first kappa shape index (κ1) is 26.1. The Hall–Kier alpha value is -1.94. The summed E-state index contributed by atoms with van der Waals surface area (Å²) < 4.78 is 28.6. The molecule has 2 atom stereocenters. The van der Waals surface area contributed by atoms with Crippen LogP contribution in [0.5, 0.6) is 11.5 Å². The number of carbonyl (C=O) groups is 2. The largest absolute Gasteiger partial charge is 0.496 e. The van der Waals surface area contributed by atoms with Crippen LogP contribution in [0.2, 0.25) is 0 Å². The number of ketones is 1. The highest BCUT2D eigenvalue weighted by Crippen LogP contribution is 2.41. The van der Waals surface area contributed by atoms with Crippen molar-refractivity contribution in [3.05, 3.63) is 23.8 Å². The number of rotatable bonds is 11. The molecule has 2 unspecified atom stereocenters. The van der Waals surface area contributed by atoms with Crippen molar-refractivity contribution < 1.29 is 28.4 Å². The van der Waals surface area contributed by atoms with Crippen LogP contribution in [0.25, 0.3) is 0 Å². The number of Topliss-reactive ketones (excluding diaryl/α,β-unsaturated/α-hetero) is 1. The number of hydrogen-bond acceptors (Lipinski definition) is 6. The van der Waals surface area contributed by atoms with E-state index in [-0.39, 0.29) is 47.3 Å². The molecule has 0 amide bonds. The summed E-state index contributed by atoms with van der Waals surface area (Å²) in [6.07, 6.45) is 0.922. The molecule has 0 heterocycles. The highest BCUT2D eigenvalue weighted by Gasteiger charge is 2.51. The zero-order chi connectivity index (χ0) is 23.1. The molecule has 0 aromatic heterocycles. The van der Waals surface area contributed by atoms with E-state index in [0.29, 0.717) is 0 Å². The molecule has 1 aromatic rings. The number of methoxy groups -OCH3 is 2.